The molecule has 1 fully saturated rings. The number of halogens is 1. The Hall–Kier alpha value is -0.320. The van der Waals surface area contributed by atoms with Gasteiger partial charge in [0.05, 0.1) is 0 Å². The Kier molecular flexibility index (Phi) is 4.65. The number of nitrogens with zero attached hydrogens (tertiary/aromatic N) is 2. The predicted octanol–water partition coefficient (Wildman–Crippen LogP) is 3.28. The van der Waals surface area contributed by atoms with Crippen molar-refractivity contribution in [2.45, 2.75) is 51.1 Å². The molecule has 0 bridgehead atoms. The Morgan fingerprint density at radius 3 is 2.71 bits per heavy atom. The Labute approximate surface area is 112 Å². The summed E-state index contributed by atoms with van der Waals surface area (Å²) in [5, 5.41) is 3.59. The summed E-state index contributed by atoms with van der Waals surface area (Å²) in [7, 11) is 0. The van der Waals surface area contributed by atoms with Crippen LogP contribution >= 0.6 is 22.9 Å². The molecular weight excluding hydrogens is 254 g/mol. The van der Waals surface area contributed by atoms with Crippen molar-refractivity contribution < 1.29 is 0 Å². The van der Waals surface area contributed by atoms with E-state index < -0.39 is 0 Å². The minimum absolute atomic E-state index is 0.398. The molecule has 0 atom stereocenters. The summed E-state index contributed by atoms with van der Waals surface area (Å²) in [6, 6.07) is 0.992. The zero-order valence-corrected chi connectivity index (χ0v) is 11.8. The second-order valence-electron chi connectivity index (χ2n) is 4.71. The fourth-order valence-electron chi connectivity index (χ4n) is 2.47. The SMILES string of the molecule is CCCN(c1nc(Cl)cs1)C1CCC(N)CC1. The summed E-state index contributed by atoms with van der Waals surface area (Å²) in [6.45, 7) is 3.26. The number of nitrogens with two attached hydrogens (primary N) is 1. The lowest BCUT2D eigenvalue weighted by atomic mass is 9.91. The Balaban J connectivity index is 2.06. The van der Waals surface area contributed by atoms with Crippen molar-refractivity contribution in [3.8, 4) is 0 Å². The standard InChI is InChI=1S/C12H20ClN3S/c1-2-7-16(12-15-11(13)8-17-12)10-5-3-9(14)4-6-10/h8-10H,2-7,14H2,1H3. The zero-order valence-electron chi connectivity index (χ0n) is 10.2. The molecule has 96 valence electrons. The molecule has 3 nitrogen and oxygen atoms in total. The molecule has 1 saturated carbocycles. The van der Waals surface area contributed by atoms with Crippen LogP contribution in [-0.2, 0) is 0 Å². The van der Waals surface area contributed by atoms with Gasteiger partial charge in [-0.15, -0.1) is 11.3 Å². The normalized spacial score (nSPS) is 24.9. The van der Waals surface area contributed by atoms with Gasteiger partial charge in [-0.3, -0.25) is 0 Å². The van der Waals surface area contributed by atoms with Gasteiger partial charge in [0, 0.05) is 24.0 Å². The van der Waals surface area contributed by atoms with Gasteiger partial charge in [-0.2, -0.15) is 0 Å². The van der Waals surface area contributed by atoms with Crippen molar-refractivity contribution in [2.24, 2.45) is 5.73 Å². The Bertz CT molecular complexity index is 347. The van der Waals surface area contributed by atoms with Crippen LogP contribution in [0.15, 0.2) is 5.38 Å². The van der Waals surface area contributed by atoms with Crippen LogP contribution in [0.3, 0.4) is 0 Å². The second kappa shape index (κ2) is 6.03. The summed E-state index contributed by atoms with van der Waals surface area (Å²) in [5.74, 6) is 0. The highest BCUT2D eigenvalue weighted by molar-refractivity contribution is 7.14. The van der Waals surface area contributed by atoms with Crippen molar-refractivity contribution in [3.63, 3.8) is 0 Å². The maximum atomic E-state index is 5.96. The average Bonchev–Trinajstić information content (AvgIpc) is 2.74. The number of aromatic nitrogens is 1. The van der Waals surface area contributed by atoms with Gasteiger partial charge in [0.25, 0.3) is 0 Å². The van der Waals surface area contributed by atoms with Crippen molar-refractivity contribution >= 4 is 28.1 Å². The van der Waals surface area contributed by atoms with E-state index in [2.05, 4.69) is 16.8 Å². The topological polar surface area (TPSA) is 42.2 Å². The van der Waals surface area contributed by atoms with Crippen molar-refractivity contribution in [3.05, 3.63) is 10.5 Å². The van der Waals surface area contributed by atoms with Gasteiger partial charge in [-0.1, -0.05) is 18.5 Å². The highest BCUT2D eigenvalue weighted by Crippen LogP contribution is 2.30. The minimum Gasteiger partial charge on any atom is -0.345 e. The molecule has 1 aliphatic rings. The average molecular weight is 274 g/mol. The number of thiazole rings is 1. The summed E-state index contributed by atoms with van der Waals surface area (Å²) >= 11 is 7.56. The lowest BCUT2D eigenvalue weighted by Gasteiger charge is -2.35. The second-order valence-corrected chi connectivity index (χ2v) is 5.94. The lowest BCUT2D eigenvalue weighted by molar-refractivity contribution is 0.375. The van der Waals surface area contributed by atoms with E-state index in [4.69, 9.17) is 17.3 Å². The summed E-state index contributed by atoms with van der Waals surface area (Å²) in [6.07, 6.45) is 5.75. The quantitative estimate of drug-likeness (QED) is 0.915. The van der Waals surface area contributed by atoms with Gasteiger partial charge in [0.1, 0.15) is 5.15 Å². The van der Waals surface area contributed by atoms with Crippen LogP contribution < -0.4 is 10.6 Å². The maximum absolute atomic E-state index is 5.96. The van der Waals surface area contributed by atoms with Crippen LogP contribution in [0.2, 0.25) is 5.15 Å². The van der Waals surface area contributed by atoms with Crippen LogP contribution in [0, 0.1) is 0 Å². The van der Waals surface area contributed by atoms with Crippen molar-refractivity contribution in [1.82, 2.24) is 4.98 Å². The third-order valence-electron chi connectivity index (χ3n) is 3.36. The number of hydrogen-bond acceptors (Lipinski definition) is 4. The van der Waals surface area contributed by atoms with Crippen LogP contribution in [0.25, 0.3) is 0 Å². The van der Waals surface area contributed by atoms with Crippen molar-refractivity contribution in [2.75, 3.05) is 11.4 Å². The monoisotopic (exact) mass is 273 g/mol. The van der Waals surface area contributed by atoms with Gasteiger partial charge in [-0.05, 0) is 32.1 Å². The first kappa shape index (κ1) is 13.1. The van der Waals surface area contributed by atoms with E-state index in [9.17, 15) is 0 Å². The highest BCUT2D eigenvalue weighted by atomic mass is 35.5. The van der Waals surface area contributed by atoms with E-state index in [1.165, 1.54) is 12.8 Å². The molecule has 0 radical (unpaired) electrons. The Morgan fingerprint density at radius 2 is 2.18 bits per heavy atom. The molecule has 2 N–H and O–H groups in total. The number of hydrogen-bond donors (Lipinski definition) is 1. The fourth-order valence-corrected chi connectivity index (χ4v) is 3.51. The minimum atomic E-state index is 0.398. The first-order valence-electron chi connectivity index (χ1n) is 6.34. The molecule has 0 saturated heterocycles. The van der Waals surface area contributed by atoms with Gasteiger partial charge in [0.2, 0.25) is 0 Å². The van der Waals surface area contributed by atoms with Crippen molar-refractivity contribution in [1.29, 1.82) is 0 Å². The van der Waals surface area contributed by atoms with E-state index >= 15 is 0 Å². The molecule has 0 aromatic carbocycles. The molecule has 2 rings (SSSR count). The first-order valence-corrected chi connectivity index (χ1v) is 7.59. The summed E-state index contributed by atoms with van der Waals surface area (Å²) in [5.41, 5.74) is 5.96. The predicted molar refractivity (Wildman–Crippen MR) is 75.0 cm³/mol. The molecule has 5 heteroatoms. The largest absolute Gasteiger partial charge is 0.345 e. The molecular formula is C12H20ClN3S. The molecule has 0 amide bonds. The molecule has 17 heavy (non-hydrogen) atoms. The fraction of sp³-hybridized carbons (Fsp3) is 0.750. The van der Waals surface area contributed by atoms with Crippen LogP contribution in [-0.4, -0.2) is 23.6 Å². The molecule has 0 spiro atoms. The molecule has 1 aromatic heterocycles. The number of anilines is 1. The molecule has 0 aliphatic heterocycles. The maximum Gasteiger partial charge on any atom is 0.186 e. The summed E-state index contributed by atoms with van der Waals surface area (Å²) < 4.78 is 0. The molecule has 1 aliphatic carbocycles. The van der Waals surface area contributed by atoms with Crippen LogP contribution in [0.5, 0.6) is 0 Å². The van der Waals surface area contributed by atoms with E-state index in [0.29, 0.717) is 17.2 Å². The van der Waals surface area contributed by atoms with E-state index in [1.54, 1.807) is 11.3 Å². The molecule has 0 unspecified atom stereocenters. The van der Waals surface area contributed by atoms with Gasteiger partial charge < -0.3 is 10.6 Å². The lowest BCUT2D eigenvalue weighted by Crippen LogP contribution is -2.41. The first-order chi connectivity index (χ1) is 8.20. The zero-order chi connectivity index (χ0) is 12.3. The van der Waals surface area contributed by atoms with Crippen LogP contribution in [0.1, 0.15) is 39.0 Å². The third kappa shape index (κ3) is 3.33. The number of rotatable bonds is 4. The van der Waals surface area contributed by atoms with Gasteiger partial charge in [0.15, 0.2) is 5.13 Å². The Morgan fingerprint density at radius 1 is 1.47 bits per heavy atom. The van der Waals surface area contributed by atoms with E-state index in [1.807, 2.05) is 5.38 Å². The summed E-state index contributed by atoms with van der Waals surface area (Å²) in [4.78, 5) is 6.82. The van der Waals surface area contributed by atoms with Gasteiger partial charge in [-0.25, -0.2) is 4.98 Å². The third-order valence-corrected chi connectivity index (χ3v) is 4.56. The van der Waals surface area contributed by atoms with E-state index in [-0.39, 0.29) is 0 Å². The van der Waals surface area contributed by atoms with Crippen LogP contribution in [0.4, 0.5) is 5.13 Å². The van der Waals surface area contributed by atoms with E-state index in [0.717, 1.165) is 30.9 Å². The smallest absolute Gasteiger partial charge is 0.186 e. The highest BCUT2D eigenvalue weighted by Gasteiger charge is 2.25. The molecule has 1 aromatic rings. The van der Waals surface area contributed by atoms with Gasteiger partial charge >= 0.3 is 0 Å². The molecule has 1 heterocycles.